The average molecular weight is 1140 g/mol. The first-order valence-corrected chi connectivity index (χ1v) is 33.8. The summed E-state index contributed by atoms with van der Waals surface area (Å²) in [6.07, 6.45) is 36.8. The Labute approximate surface area is 467 Å². The molecule has 0 aliphatic rings. The molecule has 0 aromatic carbocycles. The van der Waals surface area contributed by atoms with Crippen LogP contribution in [0.25, 0.3) is 0 Å². The predicted octanol–water partition coefficient (Wildman–Crippen LogP) is 15.6. The monoisotopic (exact) mass is 1140 g/mol. The summed E-state index contributed by atoms with van der Waals surface area (Å²) >= 11 is 0. The maximum absolute atomic E-state index is 12.9. The van der Waals surface area contributed by atoms with E-state index in [1.807, 2.05) is 0 Å². The number of aliphatic hydroxyl groups is 1. The Kier molecular flexibility index (Phi) is 52.0. The summed E-state index contributed by atoms with van der Waals surface area (Å²) in [4.78, 5) is 71.5. The van der Waals surface area contributed by atoms with Crippen LogP contribution in [0, 0.1) is 0 Å². The minimum atomic E-state index is -4.93. The molecule has 0 spiro atoms. The fraction of sp³-hybridized carbons (Fsp3) is 0.931. The van der Waals surface area contributed by atoms with Gasteiger partial charge in [-0.3, -0.25) is 37.3 Å². The lowest BCUT2D eigenvalue weighted by Gasteiger charge is -2.21. The number of carbonyl (C=O) groups is 4. The van der Waals surface area contributed by atoms with Gasteiger partial charge in [0.15, 0.2) is 12.2 Å². The van der Waals surface area contributed by atoms with Crippen LogP contribution >= 0.6 is 15.6 Å². The molecule has 0 bridgehead atoms. The topological polar surface area (TPSA) is 237 Å². The van der Waals surface area contributed by atoms with E-state index >= 15 is 0 Å². The van der Waals surface area contributed by atoms with E-state index in [9.17, 15) is 43.2 Å². The number of ether oxygens (including phenoxy) is 4. The van der Waals surface area contributed by atoms with Gasteiger partial charge < -0.3 is 33.8 Å². The SMILES string of the molecule is CCCCCCCCCCCCCCCCCC(=O)O[C@H](COC(=O)CCCCCCC)COP(=O)(O)OC[C@@H](O)COP(=O)(O)OC[C@@H](COC(=O)CCCCCCCCCCCCC)OC(=O)CCCCCCCC. The standard InChI is InChI=1S/C58H112O17P2/c1-5-9-13-17-20-22-24-25-26-27-29-31-33-37-41-45-58(63)75-53(48-68-55(60)42-38-34-16-12-8-4)50-72-76(64,65)70-46-52(59)47-71-77(66,67)73-51-54(74-57(62)44-40-35-19-15-11-7-3)49-69-56(61)43-39-36-32-30-28-23-21-18-14-10-6-2/h52-54,59H,5-51H2,1-4H3,(H,64,65)(H,66,67)/t52-,53-,54-/m1/s1. The molecule has 0 saturated carbocycles. The summed E-state index contributed by atoms with van der Waals surface area (Å²) in [5.41, 5.74) is 0. The molecule has 0 aliphatic heterocycles. The molecule has 5 atom stereocenters. The molecule has 0 fully saturated rings. The van der Waals surface area contributed by atoms with Crippen LogP contribution in [0.5, 0.6) is 0 Å². The van der Waals surface area contributed by atoms with Crippen molar-refractivity contribution in [3.8, 4) is 0 Å². The van der Waals surface area contributed by atoms with E-state index in [4.69, 9.17) is 37.0 Å². The van der Waals surface area contributed by atoms with E-state index in [-0.39, 0.29) is 25.7 Å². The van der Waals surface area contributed by atoms with E-state index in [0.717, 1.165) is 103 Å². The smallest absolute Gasteiger partial charge is 0.462 e. The van der Waals surface area contributed by atoms with Gasteiger partial charge in [-0.2, -0.15) is 0 Å². The highest BCUT2D eigenvalue weighted by Crippen LogP contribution is 2.45. The second-order valence-corrected chi connectivity index (χ2v) is 23.9. The minimum absolute atomic E-state index is 0.102. The molecule has 2 unspecified atom stereocenters. The summed E-state index contributed by atoms with van der Waals surface area (Å²) < 4.78 is 67.4. The third kappa shape index (κ3) is 53.2. The number of hydrogen-bond acceptors (Lipinski definition) is 15. The van der Waals surface area contributed by atoms with Crippen molar-refractivity contribution in [1.29, 1.82) is 0 Å². The predicted molar refractivity (Wildman–Crippen MR) is 303 cm³/mol. The molecule has 0 amide bonds. The summed E-state index contributed by atoms with van der Waals surface area (Å²) in [6, 6.07) is 0. The molecule has 0 saturated heterocycles. The highest BCUT2D eigenvalue weighted by molar-refractivity contribution is 7.47. The summed E-state index contributed by atoms with van der Waals surface area (Å²) in [5, 5.41) is 10.5. The highest BCUT2D eigenvalue weighted by atomic mass is 31.2. The Bertz CT molecular complexity index is 1500. The van der Waals surface area contributed by atoms with Gasteiger partial charge >= 0.3 is 39.5 Å². The maximum atomic E-state index is 12.9. The number of aliphatic hydroxyl groups excluding tert-OH is 1. The number of rotatable bonds is 59. The van der Waals surface area contributed by atoms with Gasteiger partial charge in [-0.15, -0.1) is 0 Å². The van der Waals surface area contributed by atoms with Crippen LogP contribution in [-0.4, -0.2) is 96.7 Å². The Balaban J connectivity index is 5.06. The number of hydrogen-bond donors (Lipinski definition) is 3. The van der Waals surface area contributed by atoms with E-state index in [0.29, 0.717) is 25.7 Å². The van der Waals surface area contributed by atoms with Gasteiger partial charge in [0, 0.05) is 25.7 Å². The van der Waals surface area contributed by atoms with Crippen molar-refractivity contribution in [2.24, 2.45) is 0 Å². The Hall–Kier alpha value is -1.94. The Morgan fingerprint density at radius 2 is 0.519 bits per heavy atom. The van der Waals surface area contributed by atoms with Crippen LogP contribution in [0.3, 0.4) is 0 Å². The molecular weight excluding hydrogens is 1030 g/mol. The first-order valence-electron chi connectivity index (χ1n) is 30.8. The normalized spacial score (nSPS) is 14.3. The fourth-order valence-electron chi connectivity index (χ4n) is 8.57. The Morgan fingerprint density at radius 1 is 0.312 bits per heavy atom. The van der Waals surface area contributed by atoms with Gasteiger partial charge in [0.1, 0.15) is 19.3 Å². The molecule has 17 nitrogen and oxygen atoms in total. The molecule has 19 heteroatoms. The van der Waals surface area contributed by atoms with Crippen molar-refractivity contribution in [2.75, 3.05) is 39.6 Å². The lowest BCUT2D eigenvalue weighted by atomic mass is 10.0. The second-order valence-electron chi connectivity index (χ2n) is 21.0. The van der Waals surface area contributed by atoms with E-state index < -0.39 is 97.5 Å². The van der Waals surface area contributed by atoms with Gasteiger partial charge in [0.05, 0.1) is 26.4 Å². The van der Waals surface area contributed by atoms with Crippen molar-refractivity contribution in [2.45, 2.75) is 309 Å². The Morgan fingerprint density at radius 3 is 0.766 bits per heavy atom. The molecule has 0 aliphatic carbocycles. The van der Waals surface area contributed by atoms with Crippen LogP contribution in [-0.2, 0) is 65.4 Å². The first-order chi connectivity index (χ1) is 37.2. The summed E-state index contributed by atoms with van der Waals surface area (Å²) in [6.45, 7) is 4.70. The summed E-state index contributed by atoms with van der Waals surface area (Å²) in [5.74, 6) is -2.16. The molecule has 0 heterocycles. The fourth-order valence-corrected chi connectivity index (χ4v) is 10.2. The number of phosphoric acid groups is 2. The highest BCUT2D eigenvalue weighted by Gasteiger charge is 2.30. The van der Waals surface area contributed by atoms with Crippen LogP contribution in [0.1, 0.15) is 291 Å². The number of carbonyl (C=O) groups excluding carboxylic acids is 4. The van der Waals surface area contributed by atoms with Crippen molar-refractivity contribution in [3.05, 3.63) is 0 Å². The second kappa shape index (κ2) is 53.4. The molecule has 0 aromatic rings. The quantitative estimate of drug-likeness (QED) is 0.0222. The third-order valence-corrected chi connectivity index (χ3v) is 15.3. The number of unbranched alkanes of at least 4 members (excludes halogenated alkanes) is 33. The molecule has 77 heavy (non-hydrogen) atoms. The molecule has 0 rings (SSSR count). The van der Waals surface area contributed by atoms with Crippen LogP contribution in [0.2, 0.25) is 0 Å². The average Bonchev–Trinajstić information content (AvgIpc) is 3.40. The van der Waals surface area contributed by atoms with E-state index in [1.54, 1.807) is 0 Å². The van der Waals surface area contributed by atoms with Gasteiger partial charge in [-0.25, -0.2) is 9.13 Å². The van der Waals surface area contributed by atoms with Crippen molar-refractivity contribution >= 4 is 39.5 Å². The molecule has 0 aromatic heterocycles. The van der Waals surface area contributed by atoms with E-state index in [1.165, 1.54) is 109 Å². The van der Waals surface area contributed by atoms with Crippen molar-refractivity contribution in [1.82, 2.24) is 0 Å². The lowest BCUT2D eigenvalue weighted by molar-refractivity contribution is -0.161. The lowest BCUT2D eigenvalue weighted by Crippen LogP contribution is -2.30. The van der Waals surface area contributed by atoms with Crippen molar-refractivity contribution in [3.63, 3.8) is 0 Å². The van der Waals surface area contributed by atoms with Gasteiger partial charge in [-0.05, 0) is 25.7 Å². The van der Waals surface area contributed by atoms with Crippen molar-refractivity contribution < 1.29 is 80.2 Å². The zero-order valence-corrected chi connectivity index (χ0v) is 50.7. The first kappa shape index (κ1) is 75.1. The van der Waals surface area contributed by atoms with E-state index in [2.05, 4.69) is 27.7 Å². The zero-order valence-electron chi connectivity index (χ0n) is 48.9. The van der Waals surface area contributed by atoms with Crippen LogP contribution < -0.4 is 0 Å². The van der Waals surface area contributed by atoms with Crippen LogP contribution in [0.15, 0.2) is 0 Å². The molecular formula is C58H112O17P2. The number of esters is 4. The maximum Gasteiger partial charge on any atom is 0.472 e. The van der Waals surface area contributed by atoms with Gasteiger partial charge in [0.25, 0.3) is 0 Å². The minimum Gasteiger partial charge on any atom is -0.462 e. The van der Waals surface area contributed by atoms with Crippen LogP contribution in [0.4, 0.5) is 0 Å². The molecule has 456 valence electrons. The van der Waals surface area contributed by atoms with Gasteiger partial charge in [0.2, 0.25) is 0 Å². The summed E-state index contributed by atoms with van der Waals surface area (Å²) in [7, 11) is -9.86. The molecule has 0 radical (unpaired) electrons. The largest absolute Gasteiger partial charge is 0.472 e. The van der Waals surface area contributed by atoms with Gasteiger partial charge in [-0.1, -0.05) is 240 Å². The zero-order chi connectivity index (χ0) is 56.9. The third-order valence-electron chi connectivity index (χ3n) is 13.4. The molecule has 3 N–H and O–H groups in total. The number of phosphoric ester groups is 2.